The normalized spacial score (nSPS) is 13.7. The van der Waals surface area contributed by atoms with Gasteiger partial charge < -0.3 is 4.98 Å². The van der Waals surface area contributed by atoms with Crippen LogP contribution in [0.15, 0.2) is 15.3 Å². The highest BCUT2D eigenvalue weighted by Gasteiger charge is 2.22. The van der Waals surface area contributed by atoms with Crippen molar-refractivity contribution in [1.29, 1.82) is 0 Å². The first kappa shape index (κ1) is 10.0. The minimum Gasteiger partial charge on any atom is -0.319 e. The zero-order valence-corrected chi connectivity index (χ0v) is 10.2. The largest absolute Gasteiger partial charge is 0.319 e. The first-order valence-corrected chi connectivity index (χ1v) is 5.91. The number of aryl methyl sites for hydroxylation is 2. The zero-order valence-electron chi connectivity index (χ0n) is 8.66. The number of rotatable bonds is 0. The van der Waals surface area contributed by atoms with Crippen LogP contribution in [0.4, 0.5) is 4.39 Å². The van der Waals surface area contributed by atoms with E-state index in [-0.39, 0.29) is 11.4 Å². The van der Waals surface area contributed by atoms with Crippen LogP contribution >= 0.6 is 15.9 Å². The monoisotopic (exact) mass is 281 g/mol. The Morgan fingerprint density at radius 3 is 2.94 bits per heavy atom. The molecule has 2 nitrogen and oxygen atoms in total. The number of pyridine rings is 1. The van der Waals surface area contributed by atoms with Gasteiger partial charge in [-0.25, -0.2) is 4.39 Å². The van der Waals surface area contributed by atoms with Crippen LogP contribution in [0.3, 0.4) is 0 Å². The highest BCUT2D eigenvalue weighted by atomic mass is 79.9. The lowest BCUT2D eigenvalue weighted by Gasteiger charge is -2.06. The highest BCUT2D eigenvalue weighted by Crippen LogP contribution is 2.35. The molecular weight excluding hydrogens is 273 g/mol. The molecule has 82 valence electrons. The van der Waals surface area contributed by atoms with Crippen LogP contribution in [-0.2, 0) is 12.8 Å². The number of aromatic nitrogens is 1. The standard InChI is InChI=1S/C12H9BrFNO/c1-5-7-3-2-6-4-8(13)10(14)11(9(6)7)15-12(5)16/h4H,2-3H2,1H3,(H,15,16). The van der Waals surface area contributed by atoms with Gasteiger partial charge in [0.05, 0.1) is 9.99 Å². The van der Waals surface area contributed by atoms with E-state index in [1.54, 1.807) is 6.92 Å². The summed E-state index contributed by atoms with van der Waals surface area (Å²) >= 11 is 3.18. The van der Waals surface area contributed by atoms with Crippen LogP contribution in [0.2, 0.25) is 0 Å². The molecule has 3 rings (SSSR count). The smallest absolute Gasteiger partial charge is 0.251 e. The first-order valence-electron chi connectivity index (χ1n) is 5.12. The predicted octanol–water partition coefficient (Wildman–Crippen LogP) is 2.84. The average Bonchev–Trinajstić information content (AvgIpc) is 2.66. The molecule has 2 aromatic rings. The molecule has 1 aromatic heterocycles. The van der Waals surface area contributed by atoms with Gasteiger partial charge in [0.15, 0.2) is 5.82 Å². The van der Waals surface area contributed by atoms with Crippen molar-refractivity contribution in [1.82, 2.24) is 4.98 Å². The van der Waals surface area contributed by atoms with E-state index in [2.05, 4.69) is 20.9 Å². The molecule has 0 aliphatic heterocycles. The van der Waals surface area contributed by atoms with E-state index in [1.165, 1.54) is 0 Å². The van der Waals surface area contributed by atoms with Gasteiger partial charge in [0.1, 0.15) is 0 Å². The topological polar surface area (TPSA) is 32.9 Å². The Balaban J connectivity index is 2.63. The summed E-state index contributed by atoms with van der Waals surface area (Å²) in [5.74, 6) is -0.376. The number of H-pyrrole nitrogens is 1. The predicted molar refractivity (Wildman–Crippen MR) is 64.4 cm³/mol. The molecule has 1 aliphatic carbocycles. The van der Waals surface area contributed by atoms with Crippen LogP contribution < -0.4 is 5.56 Å². The summed E-state index contributed by atoms with van der Waals surface area (Å²) in [6, 6.07) is 1.81. The van der Waals surface area contributed by atoms with Gasteiger partial charge in [0.2, 0.25) is 0 Å². The summed E-state index contributed by atoms with van der Waals surface area (Å²) in [5.41, 5.74) is 2.98. The van der Waals surface area contributed by atoms with Crippen molar-refractivity contribution < 1.29 is 4.39 Å². The highest BCUT2D eigenvalue weighted by molar-refractivity contribution is 9.10. The van der Waals surface area contributed by atoms with Crippen molar-refractivity contribution in [2.45, 2.75) is 19.8 Å². The van der Waals surface area contributed by atoms with Crippen LogP contribution in [-0.4, -0.2) is 4.98 Å². The van der Waals surface area contributed by atoms with Crippen LogP contribution in [0.1, 0.15) is 16.7 Å². The molecule has 1 aromatic carbocycles. The molecule has 0 fully saturated rings. The second-order valence-corrected chi connectivity index (χ2v) is 4.99. The number of halogens is 2. The number of hydrogen-bond donors (Lipinski definition) is 1. The van der Waals surface area contributed by atoms with E-state index in [0.29, 0.717) is 15.6 Å². The third kappa shape index (κ3) is 1.13. The fraction of sp³-hybridized carbons (Fsp3) is 0.250. The lowest BCUT2D eigenvalue weighted by molar-refractivity contribution is 0.629. The lowest BCUT2D eigenvalue weighted by atomic mass is 10.1. The minimum atomic E-state index is -0.376. The van der Waals surface area contributed by atoms with Crippen molar-refractivity contribution >= 4 is 26.8 Å². The summed E-state index contributed by atoms with van der Waals surface area (Å²) in [7, 11) is 0. The Hall–Kier alpha value is -1.16. The Bertz CT molecular complexity index is 675. The molecule has 0 amide bonds. The number of nitrogens with one attached hydrogen (secondary N) is 1. The molecule has 0 saturated heterocycles. The molecule has 0 radical (unpaired) electrons. The molecule has 0 atom stereocenters. The van der Waals surface area contributed by atoms with E-state index in [1.807, 2.05) is 6.07 Å². The Kier molecular flexibility index (Phi) is 1.98. The number of hydrogen-bond acceptors (Lipinski definition) is 1. The molecule has 1 N–H and O–H groups in total. The molecule has 0 bridgehead atoms. The lowest BCUT2D eigenvalue weighted by Crippen LogP contribution is -2.12. The third-order valence-electron chi connectivity index (χ3n) is 3.28. The third-order valence-corrected chi connectivity index (χ3v) is 3.86. The molecule has 1 aliphatic rings. The van der Waals surface area contributed by atoms with Gasteiger partial charge in [-0.1, -0.05) is 0 Å². The zero-order chi connectivity index (χ0) is 11.4. The summed E-state index contributed by atoms with van der Waals surface area (Å²) in [6.07, 6.45) is 1.71. The first-order chi connectivity index (χ1) is 7.59. The number of benzene rings is 1. The van der Waals surface area contributed by atoms with Crippen LogP contribution in [0.5, 0.6) is 0 Å². The molecule has 4 heteroatoms. The summed E-state index contributed by atoms with van der Waals surface area (Å²) in [5, 5.41) is 0.901. The van der Waals surface area contributed by atoms with Gasteiger partial charge in [-0.2, -0.15) is 0 Å². The Labute approximate surface area is 99.6 Å². The van der Waals surface area contributed by atoms with Crippen molar-refractivity contribution in [2.75, 3.05) is 0 Å². The molecular formula is C12H9BrFNO. The van der Waals surface area contributed by atoms with E-state index in [0.717, 1.165) is 29.4 Å². The van der Waals surface area contributed by atoms with Crippen molar-refractivity contribution in [3.63, 3.8) is 0 Å². The summed E-state index contributed by atoms with van der Waals surface area (Å²) < 4.78 is 14.3. The fourth-order valence-electron chi connectivity index (χ4n) is 2.44. The summed E-state index contributed by atoms with van der Waals surface area (Å²) in [4.78, 5) is 14.3. The van der Waals surface area contributed by atoms with Gasteiger partial charge in [-0.05, 0) is 52.9 Å². The van der Waals surface area contributed by atoms with Crippen LogP contribution in [0.25, 0.3) is 10.9 Å². The second-order valence-electron chi connectivity index (χ2n) is 4.14. The Morgan fingerprint density at radius 1 is 1.44 bits per heavy atom. The van der Waals surface area contributed by atoms with E-state index in [4.69, 9.17) is 0 Å². The maximum atomic E-state index is 13.9. The van der Waals surface area contributed by atoms with Gasteiger partial charge >= 0.3 is 0 Å². The van der Waals surface area contributed by atoms with Gasteiger partial charge in [-0.3, -0.25) is 4.79 Å². The second kappa shape index (κ2) is 3.17. The van der Waals surface area contributed by atoms with Crippen molar-refractivity contribution in [2.24, 2.45) is 0 Å². The van der Waals surface area contributed by atoms with E-state index in [9.17, 15) is 9.18 Å². The van der Waals surface area contributed by atoms with E-state index >= 15 is 0 Å². The average molecular weight is 282 g/mol. The van der Waals surface area contributed by atoms with Crippen LogP contribution in [0, 0.1) is 12.7 Å². The maximum absolute atomic E-state index is 13.9. The molecule has 0 unspecified atom stereocenters. The van der Waals surface area contributed by atoms with Crippen molar-refractivity contribution in [3.05, 3.63) is 43.4 Å². The van der Waals surface area contributed by atoms with Gasteiger partial charge in [-0.15, -0.1) is 0 Å². The number of aromatic amines is 1. The fourth-order valence-corrected chi connectivity index (χ4v) is 2.92. The van der Waals surface area contributed by atoms with E-state index < -0.39 is 0 Å². The maximum Gasteiger partial charge on any atom is 0.251 e. The molecule has 0 spiro atoms. The Morgan fingerprint density at radius 2 is 2.19 bits per heavy atom. The molecule has 0 saturated carbocycles. The van der Waals surface area contributed by atoms with Gasteiger partial charge in [0.25, 0.3) is 5.56 Å². The molecule has 1 heterocycles. The quantitative estimate of drug-likeness (QED) is 0.791. The SMILES string of the molecule is Cc1c2c3c(cc(Br)c(F)c3[nH]c1=O)CC2. The van der Waals surface area contributed by atoms with Gasteiger partial charge in [0, 0.05) is 10.9 Å². The molecule has 16 heavy (non-hydrogen) atoms. The van der Waals surface area contributed by atoms with Crippen molar-refractivity contribution in [3.8, 4) is 0 Å². The summed E-state index contributed by atoms with van der Waals surface area (Å²) in [6.45, 7) is 1.79. The minimum absolute atomic E-state index is 0.188.